The van der Waals surface area contributed by atoms with Gasteiger partial charge in [0.15, 0.2) is 12.6 Å². The summed E-state index contributed by atoms with van der Waals surface area (Å²) in [6.45, 7) is 2.69. The van der Waals surface area contributed by atoms with Gasteiger partial charge in [-0.1, -0.05) is 259 Å². The molecule has 14 nitrogen and oxygen atoms in total. The number of nitrogens with one attached hydrogen (secondary N) is 1. The van der Waals surface area contributed by atoms with Crippen molar-refractivity contribution in [1.82, 2.24) is 5.32 Å². The summed E-state index contributed by atoms with van der Waals surface area (Å²) < 4.78 is 22.8. The molecule has 2 saturated heterocycles. The van der Waals surface area contributed by atoms with Gasteiger partial charge in [0, 0.05) is 6.42 Å². The average molecular weight is 1180 g/mol. The molecule has 0 spiro atoms. The van der Waals surface area contributed by atoms with E-state index in [0.717, 1.165) is 89.9 Å². The highest BCUT2D eigenvalue weighted by Gasteiger charge is 2.51. The Morgan fingerprint density at radius 1 is 0.440 bits per heavy atom. The monoisotopic (exact) mass is 1180 g/mol. The van der Waals surface area contributed by atoms with E-state index in [9.17, 15) is 45.6 Å². The van der Waals surface area contributed by atoms with Gasteiger partial charge >= 0.3 is 0 Å². The molecule has 0 aromatic heterocycles. The molecular formula is C70H121NO13. The van der Waals surface area contributed by atoms with Crippen LogP contribution in [0.15, 0.2) is 97.2 Å². The van der Waals surface area contributed by atoms with Gasteiger partial charge < -0.3 is 65.1 Å². The first kappa shape index (κ1) is 77.0. The lowest BCUT2D eigenvalue weighted by atomic mass is 9.97. The first-order chi connectivity index (χ1) is 41.1. The number of amides is 1. The minimum atomic E-state index is -1.79. The van der Waals surface area contributed by atoms with Crippen LogP contribution in [0.1, 0.15) is 245 Å². The van der Waals surface area contributed by atoms with Crippen molar-refractivity contribution in [2.24, 2.45) is 0 Å². The van der Waals surface area contributed by atoms with Gasteiger partial charge in [-0.05, 0) is 77.0 Å². The maximum Gasteiger partial charge on any atom is 0.220 e. The first-order valence-corrected chi connectivity index (χ1v) is 33.5. The van der Waals surface area contributed by atoms with Gasteiger partial charge in [0.1, 0.15) is 48.8 Å². The fourth-order valence-electron chi connectivity index (χ4n) is 10.4. The normalized spacial score (nSPS) is 24.3. The topological polar surface area (TPSA) is 228 Å². The summed E-state index contributed by atoms with van der Waals surface area (Å²) in [4.78, 5) is 13.3. The molecule has 0 saturated carbocycles. The van der Waals surface area contributed by atoms with Crippen LogP contribution in [0, 0.1) is 0 Å². The highest BCUT2D eigenvalue weighted by Crippen LogP contribution is 2.30. The zero-order chi connectivity index (χ0) is 60.9. The van der Waals surface area contributed by atoms with Crippen LogP contribution in [-0.2, 0) is 23.7 Å². The summed E-state index contributed by atoms with van der Waals surface area (Å²) in [5.74, 6) is -0.248. The highest BCUT2D eigenvalue weighted by atomic mass is 16.7. The van der Waals surface area contributed by atoms with Gasteiger partial charge in [0.25, 0.3) is 0 Å². The van der Waals surface area contributed by atoms with Crippen LogP contribution in [0.25, 0.3) is 0 Å². The molecule has 2 aliphatic heterocycles. The quantitative estimate of drug-likeness (QED) is 0.0204. The summed E-state index contributed by atoms with van der Waals surface area (Å²) in [6.07, 6.45) is 58.7. The largest absolute Gasteiger partial charge is 0.394 e. The zero-order valence-corrected chi connectivity index (χ0v) is 52.4. The molecule has 0 radical (unpaired) electrons. The highest BCUT2D eigenvalue weighted by molar-refractivity contribution is 5.76. The molecule has 0 aromatic rings. The minimum Gasteiger partial charge on any atom is -0.394 e. The molecule has 0 bridgehead atoms. The molecule has 9 N–H and O–H groups in total. The number of aliphatic hydroxyl groups is 8. The Balaban J connectivity index is 1.70. The molecule has 12 atom stereocenters. The third kappa shape index (κ3) is 38.2. The van der Waals surface area contributed by atoms with E-state index in [0.29, 0.717) is 6.42 Å². The van der Waals surface area contributed by atoms with Crippen molar-refractivity contribution >= 4 is 5.91 Å². The zero-order valence-electron chi connectivity index (χ0n) is 52.4. The summed E-state index contributed by atoms with van der Waals surface area (Å²) in [5.41, 5.74) is 0. The molecule has 484 valence electrons. The Morgan fingerprint density at radius 2 is 0.821 bits per heavy atom. The Morgan fingerprint density at radius 3 is 1.26 bits per heavy atom. The van der Waals surface area contributed by atoms with Gasteiger partial charge in [0.05, 0.1) is 32.0 Å². The molecular weight excluding hydrogens is 1060 g/mol. The molecule has 84 heavy (non-hydrogen) atoms. The number of hydrogen-bond donors (Lipinski definition) is 9. The summed E-state index contributed by atoms with van der Waals surface area (Å²) in [5, 5.41) is 87.3. The Labute approximate surface area is 509 Å². The van der Waals surface area contributed by atoms with Gasteiger partial charge in [-0.25, -0.2) is 0 Å². The summed E-state index contributed by atoms with van der Waals surface area (Å²) in [7, 11) is 0. The Hall–Kier alpha value is -3.09. The van der Waals surface area contributed by atoms with Crippen molar-refractivity contribution in [3.63, 3.8) is 0 Å². The van der Waals surface area contributed by atoms with E-state index in [1.165, 1.54) is 128 Å². The van der Waals surface area contributed by atoms with Crippen LogP contribution in [0.4, 0.5) is 0 Å². The molecule has 2 heterocycles. The van der Waals surface area contributed by atoms with Crippen molar-refractivity contribution in [3.05, 3.63) is 97.2 Å². The van der Waals surface area contributed by atoms with Crippen molar-refractivity contribution in [3.8, 4) is 0 Å². The lowest BCUT2D eigenvalue weighted by Crippen LogP contribution is -2.65. The second-order valence-corrected chi connectivity index (χ2v) is 23.2. The Bertz CT molecular complexity index is 1780. The van der Waals surface area contributed by atoms with Crippen molar-refractivity contribution in [2.45, 2.75) is 319 Å². The number of hydrogen-bond acceptors (Lipinski definition) is 13. The fraction of sp³-hybridized carbons (Fsp3) is 0.757. The van der Waals surface area contributed by atoms with E-state index in [1.807, 2.05) is 6.08 Å². The Kier molecular flexibility index (Phi) is 49.6. The fourth-order valence-corrected chi connectivity index (χ4v) is 10.4. The van der Waals surface area contributed by atoms with E-state index in [-0.39, 0.29) is 18.9 Å². The van der Waals surface area contributed by atoms with Crippen molar-refractivity contribution in [1.29, 1.82) is 0 Å². The molecule has 2 fully saturated rings. The third-order valence-electron chi connectivity index (χ3n) is 15.8. The van der Waals surface area contributed by atoms with Crippen LogP contribution in [0.3, 0.4) is 0 Å². The molecule has 0 aliphatic carbocycles. The smallest absolute Gasteiger partial charge is 0.220 e. The van der Waals surface area contributed by atoms with Gasteiger partial charge in [-0.3, -0.25) is 4.79 Å². The van der Waals surface area contributed by atoms with Crippen LogP contribution in [0.5, 0.6) is 0 Å². The maximum absolute atomic E-state index is 13.3. The van der Waals surface area contributed by atoms with E-state index < -0.39 is 86.8 Å². The van der Waals surface area contributed by atoms with E-state index >= 15 is 0 Å². The second kappa shape index (κ2) is 54.1. The molecule has 0 aromatic carbocycles. The van der Waals surface area contributed by atoms with Gasteiger partial charge in [0.2, 0.25) is 5.91 Å². The lowest BCUT2D eigenvalue weighted by Gasteiger charge is -2.46. The van der Waals surface area contributed by atoms with Crippen LogP contribution in [-0.4, -0.2) is 140 Å². The van der Waals surface area contributed by atoms with Crippen molar-refractivity contribution < 1.29 is 64.6 Å². The number of unbranched alkanes of at least 4 members (excludes halogenated alkanes) is 26. The van der Waals surface area contributed by atoms with E-state index in [4.69, 9.17) is 18.9 Å². The third-order valence-corrected chi connectivity index (χ3v) is 15.8. The lowest BCUT2D eigenvalue weighted by molar-refractivity contribution is -0.359. The molecule has 12 unspecified atom stereocenters. The predicted molar refractivity (Wildman–Crippen MR) is 341 cm³/mol. The average Bonchev–Trinajstić information content (AvgIpc) is 3.18. The van der Waals surface area contributed by atoms with Crippen LogP contribution < -0.4 is 5.32 Å². The van der Waals surface area contributed by atoms with E-state index in [1.54, 1.807) is 6.08 Å². The van der Waals surface area contributed by atoms with E-state index in [2.05, 4.69) is 104 Å². The van der Waals surface area contributed by atoms with Crippen molar-refractivity contribution in [2.75, 3.05) is 19.8 Å². The number of aliphatic hydroxyl groups excluding tert-OH is 8. The van der Waals surface area contributed by atoms with Gasteiger partial charge in [-0.15, -0.1) is 0 Å². The first-order valence-electron chi connectivity index (χ1n) is 33.5. The standard InChI is InChI=1S/C70H121NO13/c1-3-5-7-9-11-13-15-17-19-21-23-24-25-26-27-28-29-30-31-32-33-34-36-38-40-42-44-46-48-50-52-54-62(75)71-58(59(74)53-51-49-47-45-43-41-39-37-35-22-20-18-16-14-12-10-8-6-4-2)57-81-69-67(80)65(78)68(61(56-73)83-69)84-70-66(79)64(77)63(76)60(55-72)82-70/h5,7,11,13,17,19,23-24,26-27,29-30,32-33,51,53,58-61,63-70,72-74,76-80H,3-4,6,8-10,12,14-16,18,20-22,25,28,31,34-50,52,54-57H2,1-2H3,(H,71,75)/b7-5-,13-11-,19-17-,24-23-,27-26-,30-29-,33-32-,53-51+. The molecule has 14 heteroatoms. The predicted octanol–water partition coefficient (Wildman–Crippen LogP) is 13.0. The summed E-state index contributed by atoms with van der Waals surface area (Å²) in [6, 6.07) is -0.925. The number of allylic oxidation sites excluding steroid dienone is 15. The molecule has 1 amide bonds. The molecule has 2 aliphatic rings. The number of carbonyl (C=O) groups is 1. The van der Waals surface area contributed by atoms with Crippen LogP contribution >= 0.6 is 0 Å². The van der Waals surface area contributed by atoms with Gasteiger partial charge in [-0.2, -0.15) is 0 Å². The number of rotatable bonds is 53. The number of ether oxygens (including phenoxy) is 4. The van der Waals surface area contributed by atoms with Crippen LogP contribution in [0.2, 0.25) is 0 Å². The molecule has 2 rings (SSSR count). The second-order valence-electron chi connectivity index (χ2n) is 23.2. The number of carbonyl (C=O) groups excluding carboxylic acids is 1. The maximum atomic E-state index is 13.3. The summed E-state index contributed by atoms with van der Waals surface area (Å²) >= 11 is 0. The SMILES string of the molecule is CC/C=C\C/C=C\C/C=C\C/C=C\C/C=C\C/C=C\C/C=C\CCCCCCCCCCCC(=O)NC(COC1OC(CO)C(OC2OC(CO)C(O)C(O)C2O)C(O)C1O)C(O)/C=C/CCCCCCCCCCCCCCCCCCC. The minimum absolute atomic E-state index is 0.248.